The minimum absolute atomic E-state index is 0.180. The molecular formula is C24H32N2O5S. The van der Waals surface area contributed by atoms with E-state index in [1.165, 1.54) is 23.8 Å². The maximum absolute atomic E-state index is 12.8. The quantitative estimate of drug-likeness (QED) is 0.579. The molecule has 0 amide bonds. The van der Waals surface area contributed by atoms with E-state index in [4.69, 9.17) is 14.2 Å². The van der Waals surface area contributed by atoms with Crippen molar-refractivity contribution in [3.63, 3.8) is 0 Å². The van der Waals surface area contributed by atoms with Gasteiger partial charge in [-0.3, -0.25) is 4.90 Å². The zero-order valence-corrected chi connectivity index (χ0v) is 20.0. The molecule has 174 valence electrons. The molecule has 1 atom stereocenters. The molecule has 0 aromatic heterocycles. The van der Waals surface area contributed by atoms with Crippen LogP contribution in [0.3, 0.4) is 0 Å². The van der Waals surface area contributed by atoms with Crippen molar-refractivity contribution in [2.45, 2.75) is 43.5 Å². The summed E-state index contributed by atoms with van der Waals surface area (Å²) in [6, 6.07) is 7.60. The average Bonchev–Trinajstić information content (AvgIpc) is 3.23. The first-order valence-corrected chi connectivity index (χ1v) is 12.5. The Labute approximate surface area is 190 Å². The van der Waals surface area contributed by atoms with Crippen molar-refractivity contribution < 1.29 is 22.6 Å². The molecule has 1 heterocycles. The summed E-state index contributed by atoms with van der Waals surface area (Å²) in [5.74, 6) is 2.04. The van der Waals surface area contributed by atoms with Crippen molar-refractivity contribution in [3.05, 3.63) is 46.5 Å². The summed E-state index contributed by atoms with van der Waals surface area (Å²) in [6.45, 7) is 4.09. The van der Waals surface area contributed by atoms with Crippen LogP contribution in [0.15, 0.2) is 29.2 Å². The highest BCUT2D eigenvalue weighted by atomic mass is 32.2. The fourth-order valence-corrected chi connectivity index (χ4v) is 6.28. The second-order valence-electron chi connectivity index (χ2n) is 8.41. The lowest BCUT2D eigenvalue weighted by Crippen LogP contribution is -2.36. The molecule has 0 spiro atoms. The predicted octanol–water partition coefficient (Wildman–Crippen LogP) is 3.23. The molecule has 1 aliphatic carbocycles. The number of methoxy groups -OCH3 is 3. The third-order valence-corrected chi connectivity index (χ3v) is 8.03. The maximum atomic E-state index is 12.8. The van der Waals surface area contributed by atoms with Crippen molar-refractivity contribution in [2.75, 3.05) is 41.0 Å². The smallest absolute Gasteiger partial charge is 0.244 e. The van der Waals surface area contributed by atoms with Crippen LogP contribution < -0.4 is 18.9 Å². The van der Waals surface area contributed by atoms with E-state index >= 15 is 0 Å². The van der Waals surface area contributed by atoms with Gasteiger partial charge in [-0.15, -0.1) is 0 Å². The van der Waals surface area contributed by atoms with E-state index < -0.39 is 10.0 Å². The molecule has 1 aliphatic heterocycles. The summed E-state index contributed by atoms with van der Waals surface area (Å²) in [6.07, 6.45) is 3.73. The molecule has 0 fully saturated rings. The first-order valence-electron chi connectivity index (χ1n) is 11.0. The van der Waals surface area contributed by atoms with Crippen LogP contribution in [0.4, 0.5) is 0 Å². The maximum Gasteiger partial charge on any atom is 0.244 e. The van der Waals surface area contributed by atoms with E-state index in [1.807, 2.05) is 6.92 Å². The number of hydrogen-bond donors (Lipinski definition) is 1. The monoisotopic (exact) mass is 460 g/mol. The number of hydrogen-bond acceptors (Lipinski definition) is 6. The van der Waals surface area contributed by atoms with Crippen molar-refractivity contribution in [1.29, 1.82) is 0 Å². The summed E-state index contributed by atoms with van der Waals surface area (Å²) >= 11 is 0. The van der Waals surface area contributed by atoms with Crippen molar-refractivity contribution in [3.8, 4) is 17.2 Å². The van der Waals surface area contributed by atoms with Gasteiger partial charge in [-0.2, -0.15) is 0 Å². The second kappa shape index (κ2) is 9.29. The lowest BCUT2D eigenvalue weighted by Gasteiger charge is -2.35. The van der Waals surface area contributed by atoms with Gasteiger partial charge in [-0.25, -0.2) is 13.1 Å². The van der Waals surface area contributed by atoms with Crippen LogP contribution in [0.1, 0.15) is 41.1 Å². The highest BCUT2D eigenvalue weighted by Crippen LogP contribution is 2.48. The van der Waals surface area contributed by atoms with Crippen molar-refractivity contribution in [1.82, 2.24) is 9.62 Å². The van der Waals surface area contributed by atoms with Crippen LogP contribution in [0.25, 0.3) is 0 Å². The van der Waals surface area contributed by atoms with Gasteiger partial charge in [0.2, 0.25) is 10.0 Å². The Hall–Kier alpha value is -2.29. The van der Waals surface area contributed by atoms with Crippen molar-refractivity contribution in [2.24, 2.45) is 0 Å². The van der Waals surface area contributed by atoms with Crippen LogP contribution in [0.5, 0.6) is 17.2 Å². The molecule has 0 bridgehead atoms. The van der Waals surface area contributed by atoms with Crippen molar-refractivity contribution >= 4 is 10.0 Å². The van der Waals surface area contributed by atoms with Gasteiger partial charge in [0.15, 0.2) is 11.5 Å². The number of sulfonamides is 1. The van der Waals surface area contributed by atoms with Crippen LogP contribution in [-0.2, 0) is 22.9 Å². The number of nitrogens with zero attached hydrogens (tertiary/aromatic N) is 1. The van der Waals surface area contributed by atoms with Gasteiger partial charge < -0.3 is 14.2 Å². The highest BCUT2D eigenvalue weighted by molar-refractivity contribution is 7.89. The Morgan fingerprint density at radius 3 is 2.56 bits per heavy atom. The lowest BCUT2D eigenvalue weighted by molar-refractivity contribution is 0.184. The van der Waals surface area contributed by atoms with Crippen LogP contribution in [-0.4, -0.2) is 54.3 Å². The minimum Gasteiger partial charge on any atom is -0.495 e. The SMILES string of the molecule is COc1cc(C)ccc1S(=O)(=O)NCCCN1CCc2cc(OC)c(OC)c3c2C1CC3. The predicted molar refractivity (Wildman–Crippen MR) is 123 cm³/mol. The van der Waals surface area contributed by atoms with Crippen LogP contribution in [0.2, 0.25) is 0 Å². The summed E-state index contributed by atoms with van der Waals surface area (Å²) < 4.78 is 44.7. The Kier molecular flexibility index (Phi) is 6.65. The summed E-state index contributed by atoms with van der Waals surface area (Å²) in [7, 11) is 1.25. The molecule has 8 heteroatoms. The number of rotatable bonds is 9. The molecular weight excluding hydrogens is 428 g/mol. The van der Waals surface area contributed by atoms with Gasteiger partial charge in [0.25, 0.3) is 0 Å². The summed E-state index contributed by atoms with van der Waals surface area (Å²) in [5, 5.41) is 0. The number of benzene rings is 2. The van der Waals surface area contributed by atoms with E-state index in [-0.39, 0.29) is 4.90 Å². The molecule has 4 rings (SSSR count). The zero-order valence-electron chi connectivity index (χ0n) is 19.2. The van der Waals surface area contributed by atoms with E-state index in [1.54, 1.807) is 32.4 Å². The van der Waals surface area contributed by atoms with Gasteiger partial charge in [0, 0.05) is 31.2 Å². The fourth-order valence-electron chi connectivity index (χ4n) is 5.05. The van der Waals surface area contributed by atoms with E-state index in [9.17, 15) is 8.42 Å². The van der Waals surface area contributed by atoms with E-state index in [2.05, 4.69) is 15.7 Å². The Balaban J connectivity index is 1.40. The molecule has 2 aromatic rings. The highest BCUT2D eigenvalue weighted by Gasteiger charge is 2.36. The summed E-state index contributed by atoms with van der Waals surface area (Å²) in [5.41, 5.74) is 4.96. The first-order chi connectivity index (χ1) is 15.4. The number of aryl methyl sites for hydroxylation is 1. The molecule has 0 saturated carbocycles. The Morgan fingerprint density at radius 1 is 1.06 bits per heavy atom. The largest absolute Gasteiger partial charge is 0.495 e. The summed E-state index contributed by atoms with van der Waals surface area (Å²) in [4.78, 5) is 2.66. The molecule has 2 aliphatic rings. The van der Waals surface area contributed by atoms with Gasteiger partial charge in [-0.1, -0.05) is 6.07 Å². The lowest BCUT2D eigenvalue weighted by atomic mass is 9.92. The normalized spacial score (nSPS) is 17.8. The Morgan fingerprint density at radius 2 is 1.84 bits per heavy atom. The topological polar surface area (TPSA) is 77.1 Å². The average molecular weight is 461 g/mol. The third-order valence-electron chi connectivity index (χ3n) is 6.53. The number of ether oxygens (including phenoxy) is 3. The van der Waals surface area contributed by atoms with E-state index in [0.717, 1.165) is 55.8 Å². The molecule has 7 nitrogen and oxygen atoms in total. The van der Waals surface area contributed by atoms with Gasteiger partial charge in [0.1, 0.15) is 10.6 Å². The van der Waals surface area contributed by atoms with Crippen LogP contribution in [0, 0.1) is 6.92 Å². The zero-order chi connectivity index (χ0) is 22.9. The molecule has 2 aromatic carbocycles. The van der Waals surface area contributed by atoms with Gasteiger partial charge in [-0.05, 0) is 67.5 Å². The van der Waals surface area contributed by atoms with Crippen LogP contribution >= 0.6 is 0 Å². The standard InChI is InChI=1S/C24H32N2O5S/c1-16-6-9-22(20(14-16)29-2)32(27,28)25-11-5-12-26-13-10-17-15-21(30-3)24(31-4)18-7-8-19(26)23(17)18/h6,9,14-15,19,25H,5,7-8,10-13H2,1-4H3. The first kappa shape index (κ1) is 22.9. The molecule has 1 N–H and O–H groups in total. The third kappa shape index (κ3) is 4.19. The molecule has 0 saturated heterocycles. The molecule has 32 heavy (non-hydrogen) atoms. The molecule has 1 unspecified atom stereocenters. The fraction of sp³-hybridized carbons (Fsp3) is 0.500. The molecule has 0 radical (unpaired) electrons. The van der Waals surface area contributed by atoms with Gasteiger partial charge in [0.05, 0.1) is 21.3 Å². The Bertz CT molecular complexity index is 1100. The number of nitrogens with one attached hydrogen (secondary N) is 1. The minimum atomic E-state index is -3.62. The second-order valence-corrected chi connectivity index (χ2v) is 10.1. The van der Waals surface area contributed by atoms with Gasteiger partial charge >= 0.3 is 0 Å². The van der Waals surface area contributed by atoms with E-state index in [0.29, 0.717) is 18.3 Å².